The van der Waals surface area contributed by atoms with Gasteiger partial charge in [-0.1, -0.05) is 12.1 Å². The maximum Gasteiger partial charge on any atom is 0.275 e. The fourth-order valence-corrected chi connectivity index (χ4v) is 2.57. The van der Waals surface area contributed by atoms with Crippen molar-refractivity contribution in [3.05, 3.63) is 50.6 Å². The van der Waals surface area contributed by atoms with Gasteiger partial charge < -0.3 is 5.11 Å². The zero-order chi connectivity index (χ0) is 13.0. The lowest BCUT2D eigenvalue weighted by Crippen LogP contribution is -2.17. The van der Waals surface area contributed by atoms with Gasteiger partial charge in [-0.3, -0.25) is 4.79 Å². The Bertz CT molecular complexity index is 595. The average Bonchev–Trinajstić information content (AvgIpc) is 2.75. The van der Waals surface area contributed by atoms with Crippen LogP contribution in [0.4, 0.5) is 0 Å². The molecule has 0 saturated heterocycles. The van der Waals surface area contributed by atoms with Crippen LogP contribution in [0.3, 0.4) is 0 Å². The Hall–Kier alpha value is -1.66. The second-order valence-electron chi connectivity index (χ2n) is 3.36. The lowest BCUT2D eigenvalue weighted by molar-refractivity contribution is 0.0952. The molecule has 1 aromatic heterocycles. The SMILES string of the molecule is O=C(NN=Cc1ccc(Br)s1)c1ccccc1O. The summed E-state index contributed by atoms with van der Waals surface area (Å²) in [6.07, 6.45) is 1.55. The number of hydrogen-bond donors (Lipinski definition) is 2. The lowest BCUT2D eigenvalue weighted by Gasteiger charge is -2.01. The van der Waals surface area contributed by atoms with E-state index in [9.17, 15) is 9.90 Å². The molecule has 0 spiro atoms. The van der Waals surface area contributed by atoms with Crippen molar-refractivity contribution in [3.63, 3.8) is 0 Å². The molecule has 0 fully saturated rings. The molecule has 2 rings (SSSR count). The number of carbonyl (C=O) groups excluding carboxylic acids is 1. The molecular formula is C12H9BrN2O2S. The van der Waals surface area contributed by atoms with Crippen LogP contribution in [-0.2, 0) is 0 Å². The maximum absolute atomic E-state index is 11.7. The molecule has 18 heavy (non-hydrogen) atoms. The zero-order valence-corrected chi connectivity index (χ0v) is 11.5. The highest BCUT2D eigenvalue weighted by Gasteiger charge is 2.08. The first-order chi connectivity index (χ1) is 8.66. The first kappa shape index (κ1) is 12.8. The molecule has 2 N–H and O–H groups in total. The van der Waals surface area contributed by atoms with Gasteiger partial charge in [0.15, 0.2) is 0 Å². The van der Waals surface area contributed by atoms with Crippen LogP contribution in [0, 0.1) is 0 Å². The van der Waals surface area contributed by atoms with Crippen molar-refractivity contribution in [2.24, 2.45) is 5.10 Å². The predicted octanol–water partition coefficient (Wildman–Crippen LogP) is 2.98. The number of aromatic hydroxyl groups is 1. The van der Waals surface area contributed by atoms with Crippen molar-refractivity contribution in [1.82, 2.24) is 5.43 Å². The number of benzene rings is 1. The highest BCUT2D eigenvalue weighted by Crippen LogP contribution is 2.20. The van der Waals surface area contributed by atoms with E-state index in [0.717, 1.165) is 8.66 Å². The number of carbonyl (C=O) groups is 1. The summed E-state index contributed by atoms with van der Waals surface area (Å²) in [5.41, 5.74) is 2.56. The molecule has 0 aliphatic heterocycles. The number of phenolic OH excluding ortho intramolecular Hbond substituents is 1. The number of halogens is 1. The highest BCUT2D eigenvalue weighted by atomic mass is 79.9. The van der Waals surface area contributed by atoms with E-state index in [1.165, 1.54) is 23.5 Å². The molecule has 2 aromatic rings. The summed E-state index contributed by atoms with van der Waals surface area (Å²) in [5, 5.41) is 13.3. The van der Waals surface area contributed by atoms with E-state index in [0.29, 0.717) is 0 Å². The van der Waals surface area contributed by atoms with Crippen molar-refractivity contribution in [1.29, 1.82) is 0 Å². The van der Waals surface area contributed by atoms with E-state index in [4.69, 9.17) is 0 Å². The number of para-hydroxylation sites is 1. The van der Waals surface area contributed by atoms with Crippen molar-refractivity contribution in [2.75, 3.05) is 0 Å². The van der Waals surface area contributed by atoms with E-state index < -0.39 is 5.91 Å². The first-order valence-electron chi connectivity index (χ1n) is 5.03. The number of rotatable bonds is 3. The molecule has 0 saturated carbocycles. The van der Waals surface area contributed by atoms with E-state index >= 15 is 0 Å². The molecule has 0 bridgehead atoms. The van der Waals surface area contributed by atoms with Crippen LogP contribution in [0.15, 0.2) is 45.3 Å². The van der Waals surface area contributed by atoms with Gasteiger partial charge in [0, 0.05) is 4.88 Å². The Morgan fingerprint density at radius 2 is 2.11 bits per heavy atom. The fraction of sp³-hybridized carbons (Fsp3) is 0. The summed E-state index contributed by atoms with van der Waals surface area (Å²) in [7, 11) is 0. The number of phenols is 1. The summed E-state index contributed by atoms with van der Waals surface area (Å²) < 4.78 is 0.996. The van der Waals surface area contributed by atoms with Gasteiger partial charge in [-0.25, -0.2) is 5.43 Å². The Morgan fingerprint density at radius 1 is 1.33 bits per heavy atom. The van der Waals surface area contributed by atoms with Gasteiger partial charge in [0.2, 0.25) is 0 Å². The van der Waals surface area contributed by atoms with Gasteiger partial charge in [-0.2, -0.15) is 5.10 Å². The molecular weight excluding hydrogens is 316 g/mol. The highest BCUT2D eigenvalue weighted by molar-refractivity contribution is 9.11. The number of nitrogens with one attached hydrogen (secondary N) is 1. The molecule has 0 aliphatic rings. The Labute approximate surface area is 116 Å². The van der Waals surface area contributed by atoms with Crippen molar-refractivity contribution < 1.29 is 9.90 Å². The Kier molecular flexibility index (Phi) is 4.11. The summed E-state index contributed by atoms with van der Waals surface area (Å²) in [5.74, 6) is -0.510. The van der Waals surface area contributed by atoms with E-state index in [-0.39, 0.29) is 11.3 Å². The minimum atomic E-state index is -0.444. The van der Waals surface area contributed by atoms with Gasteiger partial charge >= 0.3 is 0 Å². The number of thiophene rings is 1. The minimum Gasteiger partial charge on any atom is -0.507 e. The molecule has 1 amide bonds. The summed E-state index contributed by atoms with van der Waals surface area (Å²) in [4.78, 5) is 12.6. The van der Waals surface area contributed by atoms with Crippen LogP contribution >= 0.6 is 27.3 Å². The third-order valence-corrected chi connectivity index (χ3v) is 3.66. The van der Waals surface area contributed by atoms with Gasteiger partial charge in [-0.05, 0) is 40.2 Å². The normalized spacial score (nSPS) is 10.7. The standard InChI is InChI=1S/C12H9BrN2O2S/c13-11-6-5-8(18-11)7-14-15-12(17)9-3-1-2-4-10(9)16/h1-7,16H,(H,15,17). The molecule has 1 aromatic carbocycles. The summed E-state index contributed by atoms with van der Waals surface area (Å²) in [6, 6.07) is 10.1. The Balaban J connectivity index is 2.01. The van der Waals surface area contributed by atoms with Crippen LogP contribution in [0.5, 0.6) is 5.75 Å². The quantitative estimate of drug-likeness (QED) is 0.673. The van der Waals surface area contributed by atoms with E-state index in [1.807, 2.05) is 12.1 Å². The van der Waals surface area contributed by atoms with Crippen LogP contribution in [-0.4, -0.2) is 17.2 Å². The van der Waals surface area contributed by atoms with Crippen molar-refractivity contribution in [2.45, 2.75) is 0 Å². The first-order valence-corrected chi connectivity index (χ1v) is 6.64. The van der Waals surface area contributed by atoms with Crippen molar-refractivity contribution >= 4 is 39.4 Å². The molecule has 0 radical (unpaired) electrons. The summed E-state index contributed by atoms with van der Waals surface area (Å²) in [6.45, 7) is 0. The maximum atomic E-state index is 11.7. The lowest BCUT2D eigenvalue weighted by atomic mass is 10.2. The molecule has 0 unspecified atom stereocenters. The topological polar surface area (TPSA) is 61.7 Å². The minimum absolute atomic E-state index is 0.0657. The monoisotopic (exact) mass is 324 g/mol. The second-order valence-corrected chi connectivity index (χ2v) is 5.85. The fourth-order valence-electron chi connectivity index (χ4n) is 1.28. The number of amides is 1. The molecule has 0 aliphatic carbocycles. The van der Waals surface area contributed by atoms with E-state index in [1.54, 1.807) is 18.3 Å². The number of nitrogens with zero attached hydrogens (tertiary/aromatic N) is 1. The molecule has 4 nitrogen and oxygen atoms in total. The smallest absolute Gasteiger partial charge is 0.275 e. The summed E-state index contributed by atoms with van der Waals surface area (Å²) >= 11 is 4.84. The van der Waals surface area contributed by atoms with Gasteiger partial charge in [0.05, 0.1) is 15.6 Å². The van der Waals surface area contributed by atoms with Gasteiger partial charge in [0.1, 0.15) is 5.75 Å². The second kappa shape index (κ2) is 5.79. The average molecular weight is 325 g/mol. The third-order valence-electron chi connectivity index (χ3n) is 2.10. The molecule has 6 heteroatoms. The van der Waals surface area contributed by atoms with E-state index in [2.05, 4.69) is 26.5 Å². The number of hydrogen-bond acceptors (Lipinski definition) is 4. The predicted molar refractivity (Wildman–Crippen MR) is 75.2 cm³/mol. The van der Waals surface area contributed by atoms with Crippen LogP contribution in [0.25, 0.3) is 0 Å². The zero-order valence-electron chi connectivity index (χ0n) is 9.13. The number of hydrazone groups is 1. The largest absolute Gasteiger partial charge is 0.507 e. The van der Waals surface area contributed by atoms with Crippen LogP contribution in [0.2, 0.25) is 0 Å². The Morgan fingerprint density at radius 3 is 2.78 bits per heavy atom. The van der Waals surface area contributed by atoms with Crippen LogP contribution in [0.1, 0.15) is 15.2 Å². The van der Waals surface area contributed by atoms with Crippen LogP contribution < -0.4 is 5.43 Å². The molecule has 1 heterocycles. The van der Waals surface area contributed by atoms with Gasteiger partial charge in [0.25, 0.3) is 5.91 Å². The molecule has 92 valence electrons. The van der Waals surface area contributed by atoms with Crippen molar-refractivity contribution in [3.8, 4) is 5.75 Å². The molecule has 0 atom stereocenters. The van der Waals surface area contributed by atoms with Gasteiger partial charge in [-0.15, -0.1) is 11.3 Å². The third kappa shape index (κ3) is 3.18.